The van der Waals surface area contributed by atoms with E-state index in [2.05, 4.69) is 11.9 Å². The summed E-state index contributed by atoms with van der Waals surface area (Å²) in [6, 6.07) is 6.66. The quantitative estimate of drug-likeness (QED) is 0.715. The molecule has 1 aromatic carbocycles. The topological polar surface area (TPSA) is 75.7 Å². The molecule has 1 atom stereocenters. The third-order valence-corrected chi connectivity index (χ3v) is 6.09. The molecule has 138 valence electrons. The van der Waals surface area contributed by atoms with E-state index in [4.69, 9.17) is 4.74 Å². The minimum absolute atomic E-state index is 0.216. The molecule has 1 amide bonds. The second-order valence-electron chi connectivity index (χ2n) is 6.09. The second-order valence-corrected chi connectivity index (χ2v) is 8.03. The number of carbonyl (C=O) groups excluding carboxylic acids is 1. The van der Waals surface area contributed by atoms with Crippen LogP contribution in [-0.4, -0.2) is 44.4 Å². The number of rotatable bonds is 8. The summed E-state index contributed by atoms with van der Waals surface area (Å²) in [5.41, 5.74) is 0.835. The number of hydrogen-bond acceptors (Lipinski definition) is 4. The summed E-state index contributed by atoms with van der Waals surface area (Å²) in [4.78, 5) is 12.2. The van der Waals surface area contributed by atoms with Gasteiger partial charge in [-0.3, -0.25) is 4.79 Å². The maximum Gasteiger partial charge on any atom is 0.249 e. The summed E-state index contributed by atoms with van der Waals surface area (Å²) in [6.45, 7) is 7.03. The van der Waals surface area contributed by atoms with Crippen LogP contribution in [0.2, 0.25) is 0 Å². The van der Waals surface area contributed by atoms with Crippen LogP contribution in [-0.2, 0) is 26.1 Å². The van der Waals surface area contributed by atoms with Crippen molar-refractivity contribution in [3.63, 3.8) is 0 Å². The molecule has 0 saturated carbocycles. The molecule has 0 aromatic heterocycles. The van der Waals surface area contributed by atoms with Crippen molar-refractivity contribution < 1.29 is 17.9 Å². The zero-order valence-electron chi connectivity index (χ0n) is 14.6. The predicted molar refractivity (Wildman–Crippen MR) is 96.5 cm³/mol. The van der Waals surface area contributed by atoms with Gasteiger partial charge in [0, 0.05) is 19.6 Å². The largest absolute Gasteiger partial charge is 0.365 e. The Labute approximate surface area is 149 Å². The molecule has 0 bridgehead atoms. The van der Waals surface area contributed by atoms with Crippen LogP contribution in [0.15, 0.2) is 41.8 Å². The predicted octanol–water partition coefficient (Wildman–Crippen LogP) is 2.07. The Bertz CT molecular complexity index is 680. The van der Waals surface area contributed by atoms with E-state index >= 15 is 0 Å². The summed E-state index contributed by atoms with van der Waals surface area (Å²) >= 11 is 0. The van der Waals surface area contributed by atoms with Gasteiger partial charge in [0.2, 0.25) is 15.9 Å². The average Bonchev–Trinajstić information content (AvgIpc) is 2.65. The molecule has 0 spiro atoms. The minimum atomic E-state index is -3.42. The van der Waals surface area contributed by atoms with E-state index in [0.29, 0.717) is 31.1 Å². The Hall–Kier alpha value is -1.70. The molecule has 1 aromatic rings. The summed E-state index contributed by atoms with van der Waals surface area (Å²) in [7, 11) is -3.42. The van der Waals surface area contributed by atoms with E-state index < -0.39 is 16.1 Å². The molecular weight excluding hydrogens is 340 g/mol. The lowest BCUT2D eigenvalue weighted by molar-refractivity contribution is -0.131. The normalized spacial score (nSPS) is 17.0. The molecule has 1 aliphatic heterocycles. The van der Waals surface area contributed by atoms with Crippen molar-refractivity contribution in [1.29, 1.82) is 0 Å². The number of hydrogen-bond donors (Lipinski definition) is 1. The summed E-state index contributed by atoms with van der Waals surface area (Å²) in [5, 5.41) is 2.77. The smallest absolute Gasteiger partial charge is 0.249 e. The lowest BCUT2D eigenvalue weighted by atomic mass is 10.2. The number of benzene rings is 1. The maximum absolute atomic E-state index is 12.6. The van der Waals surface area contributed by atoms with Gasteiger partial charge in [-0.1, -0.05) is 24.6 Å². The van der Waals surface area contributed by atoms with Crippen molar-refractivity contribution in [2.24, 2.45) is 0 Å². The van der Waals surface area contributed by atoms with Gasteiger partial charge in [0.15, 0.2) is 0 Å². The zero-order valence-corrected chi connectivity index (χ0v) is 15.4. The van der Waals surface area contributed by atoms with E-state index in [1.54, 1.807) is 41.6 Å². The Morgan fingerprint density at radius 1 is 1.28 bits per heavy atom. The Kier molecular flexibility index (Phi) is 7.16. The fourth-order valence-electron chi connectivity index (χ4n) is 2.65. The van der Waals surface area contributed by atoms with Gasteiger partial charge in [-0.05, 0) is 37.5 Å². The molecule has 0 radical (unpaired) electrons. The first-order chi connectivity index (χ1) is 11.9. The molecule has 1 aliphatic rings. The summed E-state index contributed by atoms with van der Waals surface area (Å²) in [5.74, 6) is -0.216. The molecule has 1 saturated heterocycles. The highest BCUT2D eigenvalue weighted by molar-refractivity contribution is 7.89. The van der Waals surface area contributed by atoms with Crippen LogP contribution in [0.3, 0.4) is 0 Å². The first-order valence-electron chi connectivity index (χ1n) is 8.54. The number of ether oxygens (including phenoxy) is 1. The number of nitrogens with zero attached hydrogens (tertiary/aromatic N) is 1. The first-order valence-corrected chi connectivity index (χ1v) is 9.98. The lowest BCUT2D eigenvalue weighted by Gasteiger charge is -2.25. The highest BCUT2D eigenvalue weighted by Gasteiger charge is 2.25. The van der Waals surface area contributed by atoms with Crippen LogP contribution in [0.5, 0.6) is 0 Å². The molecule has 0 aliphatic carbocycles. The number of piperidine rings is 1. The summed E-state index contributed by atoms with van der Waals surface area (Å²) < 4.78 is 32.0. The number of amides is 1. The monoisotopic (exact) mass is 366 g/mol. The van der Waals surface area contributed by atoms with E-state index in [1.165, 1.54) is 0 Å². The van der Waals surface area contributed by atoms with Crippen molar-refractivity contribution in [1.82, 2.24) is 9.62 Å². The van der Waals surface area contributed by atoms with Gasteiger partial charge in [0.1, 0.15) is 6.10 Å². The minimum Gasteiger partial charge on any atom is -0.365 e. The standard InChI is InChI=1S/C18H26N2O4S/c1-3-13-24-15(2)18(21)19-14-16-7-9-17(10-8-16)25(22,23)20-11-5-4-6-12-20/h3,7-10,15H,1,4-6,11-14H2,2H3,(H,19,21)/t15-/m0/s1. The highest BCUT2D eigenvalue weighted by atomic mass is 32.2. The molecule has 1 N–H and O–H groups in total. The molecule has 0 unspecified atom stereocenters. The van der Waals surface area contributed by atoms with Crippen molar-refractivity contribution in [2.45, 2.75) is 43.7 Å². The van der Waals surface area contributed by atoms with Crippen molar-refractivity contribution in [2.75, 3.05) is 19.7 Å². The fourth-order valence-corrected chi connectivity index (χ4v) is 4.17. The van der Waals surface area contributed by atoms with Gasteiger partial charge < -0.3 is 10.1 Å². The number of nitrogens with one attached hydrogen (secondary N) is 1. The SMILES string of the molecule is C=CCO[C@@H](C)C(=O)NCc1ccc(S(=O)(=O)N2CCCCC2)cc1. The van der Waals surface area contributed by atoms with Crippen molar-refractivity contribution in [3.8, 4) is 0 Å². The molecular formula is C18H26N2O4S. The Morgan fingerprint density at radius 3 is 2.52 bits per heavy atom. The molecule has 1 heterocycles. The van der Waals surface area contributed by atoms with Crippen molar-refractivity contribution in [3.05, 3.63) is 42.5 Å². The van der Waals surface area contributed by atoms with Gasteiger partial charge >= 0.3 is 0 Å². The van der Waals surface area contributed by atoms with E-state index in [1.807, 2.05) is 0 Å². The van der Waals surface area contributed by atoms with E-state index in [9.17, 15) is 13.2 Å². The van der Waals surface area contributed by atoms with Gasteiger partial charge in [-0.2, -0.15) is 4.31 Å². The number of sulfonamides is 1. The van der Waals surface area contributed by atoms with E-state index in [0.717, 1.165) is 24.8 Å². The van der Waals surface area contributed by atoms with E-state index in [-0.39, 0.29) is 5.91 Å². The molecule has 1 fully saturated rings. The van der Waals surface area contributed by atoms with Crippen LogP contribution < -0.4 is 5.32 Å². The lowest BCUT2D eigenvalue weighted by Crippen LogP contribution is -2.35. The van der Waals surface area contributed by atoms with Crippen LogP contribution in [0.25, 0.3) is 0 Å². The molecule has 7 heteroatoms. The summed E-state index contributed by atoms with van der Waals surface area (Å²) in [6.07, 6.45) is 3.94. The Morgan fingerprint density at radius 2 is 1.92 bits per heavy atom. The first kappa shape index (κ1) is 19.6. The van der Waals surface area contributed by atoms with Crippen LogP contribution in [0, 0.1) is 0 Å². The average molecular weight is 366 g/mol. The third-order valence-electron chi connectivity index (χ3n) is 4.18. The Balaban J connectivity index is 1.93. The molecule has 25 heavy (non-hydrogen) atoms. The van der Waals surface area contributed by atoms with Gasteiger partial charge in [-0.15, -0.1) is 6.58 Å². The van der Waals surface area contributed by atoms with Crippen LogP contribution in [0.4, 0.5) is 0 Å². The number of carbonyl (C=O) groups is 1. The second kappa shape index (κ2) is 9.12. The van der Waals surface area contributed by atoms with Crippen LogP contribution >= 0.6 is 0 Å². The van der Waals surface area contributed by atoms with Gasteiger partial charge in [0.25, 0.3) is 0 Å². The maximum atomic E-state index is 12.6. The van der Waals surface area contributed by atoms with Crippen LogP contribution in [0.1, 0.15) is 31.7 Å². The highest BCUT2D eigenvalue weighted by Crippen LogP contribution is 2.20. The molecule has 6 nitrogen and oxygen atoms in total. The van der Waals surface area contributed by atoms with Crippen molar-refractivity contribution >= 4 is 15.9 Å². The zero-order chi connectivity index (χ0) is 18.3. The van der Waals surface area contributed by atoms with Gasteiger partial charge in [0.05, 0.1) is 11.5 Å². The van der Waals surface area contributed by atoms with Gasteiger partial charge in [-0.25, -0.2) is 8.42 Å². The molecule has 2 rings (SSSR count). The third kappa shape index (κ3) is 5.39. The fraction of sp³-hybridized carbons (Fsp3) is 0.500.